The van der Waals surface area contributed by atoms with Crippen LogP contribution in [0.15, 0.2) is 46.4 Å². The fraction of sp³-hybridized carbons (Fsp3) is 0.227. The molecule has 4 amide bonds. The number of carbonyl (C=O) groups excluding carboxylic acids is 3. The number of ether oxygens (including phenoxy) is 1. The monoisotopic (exact) mass is 456 g/mol. The van der Waals surface area contributed by atoms with Crippen molar-refractivity contribution in [3.63, 3.8) is 0 Å². The van der Waals surface area contributed by atoms with Gasteiger partial charge in [-0.25, -0.2) is 9.69 Å². The van der Waals surface area contributed by atoms with Crippen LogP contribution in [0, 0.1) is 13.8 Å². The number of urea groups is 1. The van der Waals surface area contributed by atoms with Crippen molar-refractivity contribution in [2.24, 2.45) is 0 Å². The summed E-state index contributed by atoms with van der Waals surface area (Å²) in [4.78, 5) is 39.0. The Bertz CT molecular complexity index is 1040. The van der Waals surface area contributed by atoms with E-state index in [-0.39, 0.29) is 11.7 Å². The van der Waals surface area contributed by atoms with Crippen LogP contribution in [0.4, 0.5) is 10.5 Å². The third kappa shape index (κ3) is 4.40. The van der Waals surface area contributed by atoms with Gasteiger partial charge < -0.3 is 4.74 Å². The van der Waals surface area contributed by atoms with Crippen molar-refractivity contribution in [3.05, 3.63) is 63.1 Å². The number of nitrogens with one attached hydrogen (secondary N) is 1. The van der Waals surface area contributed by atoms with Gasteiger partial charge in [-0.1, -0.05) is 33.6 Å². The molecule has 0 bridgehead atoms. The fourth-order valence-electron chi connectivity index (χ4n) is 3.08. The Morgan fingerprint density at radius 2 is 1.79 bits per heavy atom. The molecule has 1 saturated heterocycles. The van der Waals surface area contributed by atoms with Crippen LogP contribution in [0.3, 0.4) is 0 Å². The number of anilines is 1. The number of rotatable bonds is 4. The molecule has 2 aromatic rings. The van der Waals surface area contributed by atoms with E-state index in [0.717, 1.165) is 20.5 Å². The average molecular weight is 457 g/mol. The van der Waals surface area contributed by atoms with Gasteiger partial charge in [-0.05, 0) is 63.6 Å². The van der Waals surface area contributed by atoms with Gasteiger partial charge >= 0.3 is 6.03 Å². The number of nitrogens with zero attached hydrogens (tertiary/aromatic N) is 1. The van der Waals surface area contributed by atoms with Crippen LogP contribution >= 0.6 is 15.9 Å². The molecule has 7 heteroatoms. The smallest absolute Gasteiger partial charge is 0.335 e. The zero-order chi connectivity index (χ0) is 21.3. The number of hydrogen-bond acceptors (Lipinski definition) is 4. The van der Waals surface area contributed by atoms with E-state index in [1.165, 1.54) is 6.08 Å². The second-order valence-corrected chi connectivity index (χ2v) is 8.01. The van der Waals surface area contributed by atoms with Gasteiger partial charge in [-0.2, -0.15) is 0 Å². The van der Waals surface area contributed by atoms with E-state index in [2.05, 4.69) is 21.2 Å². The summed E-state index contributed by atoms with van der Waals surface area (Å²) >= 11 is 3.40. The molecule has 0 aliphatic carbocycles. The van der Waals surface area contributed by atoms with Crippen molar-refractivity contribution in [2.45, 2.75) is 33.8 Å². The number of benzene rings is 2. The molecule has 1 aliphatic heterocycles. The molecular formula is C22H21BrN2O4. The van der Waals surface area contributed by atoms with Gasteiger partial charge in [0, 0.05) is 10.0 Å². The Kier molecular flexibility index (Phi) is 5.88. The first-order valence-electron chi connectivity index (χ1n) is 9.12. The number of halogens is 1. The lowest BCUT2D eigenvalue weighted by Crippen LogP contribution is -2.54. The first-order valence-corrected chi connectivity index (χ1v) is 9.91. The van der Waals surface area contributed by atoms with Gasteiger partial charge in [0.1, 0.15) is 11.3 Å². The Balaban J connectivity index is 2.08. The number of amides is 4. The molecule has 1 heterocycles. The highest BCUT2D eigenvalue weighted by atomic mass is 79.9. The van der Waals surface area contributed by atoms with Crippen LogP contribution < -0.4 is 15.0 Å². The summed E-state index contributed by atoms with van der Waals surface area (Å²) in [7, 11) is 0. The van der Waals surface area contributed by atoms with E-state index in [1.807, 2.05) is 45.9 Å². The van der Waals surface area contributed by atoms with E-state index in [1.54, 1.807) is 18.2 Å². The summed E-state index contributed by atoms with van der Waals surface area (Å²) in [6, 6.07) is 9.94. The molecule has 0 unspecified atom stereocenters. The molecule has 0 saturated carbocycles. The van der Waals surface area contributed by atoms with Crippen LogP contribution in [0.1, 0.15) is 30.5 Å². The summed E-state index contributed by atoms with van der Waals surface area (Å²) in [5, 5.41) is 2.25. The number of hydrogen-bond donors (Lipinski definition) is 1. The highest BCUT2D eigenvalue weighted by molar-refractivity contribution is 9.10. The van der Waals surface area contributed by atoms with Gasteiger partial charge in [-0.15, -0.1) is 0 Å². The molecular weight excluding hydrogens is 436 g/mol. The van der Waals surface area contributed by atoms with E-state index in [0.29, 0.717) is 17.0 Å². The summed E-state index contributed by atoms with van der Waals surface area (Å²) in [6.45, 7) is 7.51. The minimum atomic E-state index is -0.767. The van der Waals surface area contributed by atoms with Crippen molar-refractivity contribution in [1.29, 1.82) is 0 Å². The predicted molar refractivity (Wildman–Crippen MR) is 115 cm³/mol. The molecule has 150 valence electrons. The maximum Gasteiger partial charge on any atom is 0.335 e. The Hall–Kier alpha value is -2.93. The van der Waals surface area contributed by atoms with Gasteiger partial charge in [0.25, 0.3) is 11.8 Å². The van der Waals surface area contributed by atoms with Gasteiger partial charge in [0.05, 0.1) is 11.8 Å². The zero-order valence-electron chi connectivity index (χ0n) is 16.6. The first kappa shape index (κ1) is 20.8. The Labute approximate surface area is 177 Å². The molecule has 1 N–H and O–H groups in total. The SMILES string of the molecule is Cc1ccc(N2C(=O)NC(=O)/C(=C\c3cc(Br)ccc3OC(C)C)C2=O)c(C)c1. The number of carbonyl (C=O) groups is 3. The van der Waals surface area contributed by atoms with Crippen LogP contribution in [-0.2, 0) is 9.59 Å². The predicted octanol–water partition coefficient (Wildman–Crippen LogP) is 4.52. The van der Waals surface area contributed by atoms with Crippen molar-refractivity contribution >= 4 is 45.5 Å². The maximum absolute atomic E-state index is 13.1. The van der Waals surface area contributed by atoms with E-state index >= 15 is 0 Å². The van der Waals surface area contributed by atoms with Crippen molar-refractivity contribution in [3.8, 4) is 5.75 Å². The molecule has 0 atom stereocenters. The summed E-state index contributed by atoms with van der Waals surface area (Å²) in [5.74, 6) is -0.885. The van der Waals surface area contributed by atoms with E-state index in [4.69, 9.17) is 4.74 Å². The van der Waals surface area contributed by atoms with E-state index in [9.17, 15) is 14.4 Å². The lowest BCUT2D eigenvalue weighted by molar-refractivity contribution is -0.122. The quantitative estimate of drug-likeness (QED) is 0.541. The molecule has 0 radical (unpaired) electrons. The van der Waals surface area contributed by atoms with Crippen molar-refractivity contribution in [2.75, 3.05) is 4.90 Å². The minimum Gasteiger partial charge on any atom is -0.490 e. The second kappa shape index (κ2) is 8.21. The normalized spacial score (nSPS) is 15.9. The summed E-state index contributed by atoms with van der Waals surface area (Å²) in [6.07, 6.45) is 1.36. The van der Waals surface area contributed by atoms with Gasteiger partial charge in [0.2, 0.25) is 0 Å². The average Bonchev–Trinajstić information content (AvgIpc) is 2.62. The van der Waals surface area contributed by atoms with Crippen LogP contribution in [0.25, 0.3) is 6.08 Å². The number of imide groups is 2. The molecule has 0 spiro atoms. The molecule has 2 aromatic carbocycles. The summed E-state index contributed by atoms with van der Waals surface area (Å²) < 4.78 is 6.56. The highest BCUT2D eigenvalue weighted by Crippen LogP contribution is 2.29. The first-order chi connectivity index (χ1) is 13.7. The molecule has 1 fully saturated rings. The third-order valence-electron chi connectivity index (χ3n) is 4.33. The molecule has 1 aliphatic rings. The minimum absolute atomic E-state index is 0.0857. The van der Waals surface area contributed by atoms with Gasteiger partial charge in [-0.3, -0.25) is 14.9 Å². The van der Waals surface area contributed by atoms with Crippen molar-refractivity contribution < 1.29 is 19.1 Å². The maximum atomic E-state index is 13.1. The van der Waals surface area contributed by atoms with Gasteiger partial charge in [0.15, 0.2) is 0 Å². The zero-order valence-corrected chi connectivity index (χ0v) is 18.2. The number of aryl methyl sites for hydroxylation is 2. The van der Waals surface area contributed by atoms with Crippen molar-refractivity contribution in [1.82, 2.24) is 5.32 Å². The molecule has 6 nitrogen and oxygen atoms in total. The molecule has 29 heavy (non-hydrogen) atoms. The standard InChI is InChI=1S/C22H21BrN2O4/c1-12(2)29-19-8-6-16(23)10-15(19)11-17-20(26)24-22(28)25(21(17)27)18-7-5-13(3)9-14(18)4/h5-12H,1-4H3,(H,24,26,28)/b17-11+. The Morgan fingerprint density at radius 3 is 2.45 bits per heavy atom. The van der Waals surface area contributed by atoms with Crippen LogP contribution in [0.2, 0.25) is 0 Å². The largest absolute Gasteiger partial charge is 0.490 e. The second-order valence-electron chi connectivity index (χ2n) is 7.10. The fourth-order valence-corrected chi connectivity index (χ4v) is 3.46. The van der Waals surface area contributed by atoms with E-state index < -0.39 is 17.8 Å². The van der Waals surface area contributed by atoms with Crippen LogP contribution in [-0.4, -0.2) is 23.9 Å². The lowest BCUT2D eigenvalue weighted by atomic mass is 10.0. The van der Waals surface area contributed by atoms with Crippen LogP contribution in [0.5, 0.6) is 5.75 Å². The Morgan fingerprint density at radius 1 is 1.07 bits per heavy atom. The third-order valence-corrected chi connectivity index (χ3v) is 4.82. The number of barbiturate groups is 1. The molecule has 3 rings (SSSR count). The topological polar surface area (TPSA) is 75.7 Å². The lowest BCUT2D eigenvalue weighted by Gasteiger charge is -2.27. The molecule has 0 aromatic heterocycles. The summed E-state index contributed by atoms with van der Waals surface area (Å²) in [5.41, 5.74) is 2.61. The highest BCUT2D eigenvalue weighted by Gasteiger charge is 2.37.